The van der Waals surface area contributed by atoms with Crippen molar-refractivity contribution in [2.75, 3.05) is 0 Å². The molecule has 0 saturated heterocycles. The minimum atomic E-state index is -0.657. The highest BCUT2D eigenvalue weighted by molar-refractivity contribution is 6.06. The molecule has 0 aliphatic heterocycles. The van der Waals surface area contributed by atoms with Crippen LogP contribution in [0, 0.1) is 0 Å². The second-order valence-corrected chi connectivity index (χ2v) is 5.10. The Morgan fingerprint density at radius 1 is 1.39 bits per heavy atom. The zero-order valence-corrected chi connectivity index (χ0v) is 10.8. The van der Waals surface area contributed by atoms with E-state index in [0.29, 0.717) is 5.56 Å². The zero-order valence-electron chi connectivity index (χ0n) is 10.8. The molecule has 96 valence electrons. The lowest BCUT2D eigenvalue weighted by Gasteiger charge is -2.29. The molecule has 1 atom stereocenters. The van der Waals surface area contributed by atoms with Crippen molar-refractivity contribution in [2.24, 2.45) is 0 Å². The molecule has 1 aromatic carbocycles. The van der Waals surface area contributed by atoms with Gasteiger partial charge in [0.2, 0.25) is 0 Å². The van der Waals surface area contributed by atoms with Gasteiger partial charge in [0.25, 0.3) is 5.91 Å². The summed E-state index contributed by atoms with van der Waals surface area (Å²) in [4.78, 5) is 15.3. The van der Waals surface area contributed by atoms with Gasteiger partial charge in [0.1, 0.15) is 0 Å². The van der Waals surface area contributed by atoms with Crippen LogP contribution in [0.15, 0.2) is 30.5 Å². The molecule has 4 nitrogen and oxygen atoms in total. The lowest BCUT2D eigenvalue weighted by atomic mass is 9.97. The number of aromatic nitrogens is 1. The van der Waals surface area contributed by atoms with E-state index in [9.17, 15) is 9.90 Å². The fourth-order valence-corrected chi connectivity index (χ4v) is 1.75. The molecule has 0 saturated carbocycles. The number of fused-ring (bicyclic) bond motifs is 1. The van der Waals surface area contributed by atoms with Gasteiger partial charge in [-0.1, -0.05) is 6.07 Å². The number of aromatic amines is 1. The summed E-state index contributed by atoms with van der Waals surface area (Å²) >= 11 is 0. The summed E-state index contributed by atoms with van der Waals surface area (Å²) in [5.41, 5.74) is 0.884. The van der Waals surface area contributed by atoms with E-state index in [-0.39, 0.29) is 5.91 Å². The van der Waals surface area contributed by atoms with Crippen LogP contribution in [-0.2, 0) is 0 Å². The molecule has 0 aliphatic carbocycles. The fourth-order valence-electron chi connectivity index (χ4n) is 1.75. The van der Waals surface area contributed by atoms with E-state index in [0.717, 1.165) is 10.9 Å². The normalized spacial score (nSPS) is 13.6. The monoisotopic (exact) mass is 246 g/mol. The average Bonchev–Trinajstić information content (AvgIpc) is 2.75. The van der Waals surface area contributed by atoms with Crippen LogP contribution < -0.4 is 5.32 Å². The number of hydrogen-bond acceptors (Lipinski definition) is 2. The van der Waals surface area contributed by atoms with Gasteiger partial charge in [0, 0.05) is 22.7 Å². The second kappa shape index (κ2) is 4.46. The molecule has 1 unspecified atom stereocenters. The molecule has 0 fully saturated rings. The first-order chi connectivity index (χ1) is 8.42. The van der Waals surface area contributed by atoms with Gasteiger partial charge in [-0.05, 0) is 39.0 Å². The number of H-pyrrole nitrogens is 1. The quantitative estimate of drug-likeness (QED) is 0.776. The molecule has 2 aromatic rings. The van der Waals surface area contributed by atoms with Gasteiger partial charge in [-0.3, -0.25) is 4.79 Å². The summed E-state index contributed by atoms with van der Waals surface area (Å²) in [5, 5.41) is 13.4. The van der Waals surface area contributed by atoms with Crippen molar-refractivity contribution in [1.29, 1.82) is 0 Å². The lowest BCUT2D eigenvalue weighted by molar-refractivity contribution is 0.0711. The Balaban J connectivity index is 2.32. The SMILES string of the molecule is CC(O)C(C)(C)NC(=O)c1cccc2[nH]ccc12. The topological polar surface area (TPSA) is 65.1 Å². The van der Waals surface area contributed by atoms with Crippen molar-refractivity contribution >= 4 is 16.8 Å². The summed E-state index contributed by atoms with van der Waals surface area (Å²) in [6.07, 6.45) is 1.19. The minimum absolute atomic E-state index is 0.175. The molecule has 3 N–H and O–H groups in total. The lowest BCUT2D eigenvalue weighted by Crippen LogP contribution is -2.51. The number of carbonyl (C=O) groups is 1. The molecular formula is C14H18N2O2. The third-order valence-corrected chi connectivity index (χ3v) is 3.32. The summed E-state index contributed by atoms with van der Waals surface area (Å²) in [6, 6.07) is 7.41. The molecule has 1 amide bonds. The van der Waals surface area contributed by atoms with E-state index in [1.54, 1.807) is 33.0 Å². The number of rotatable bonds is 3. The number of aliphatic hydroxyl groups is 1. The Morgan fingerprint density at radius 2 is 2.11 bits per heavy atom. The molecule has 0 bridgehead atoms. The highest BCUT2D eigenvalue weighted by Crippen LogP contribution is 2.18. The standard InChI is InChI=1S/C14H18N2O2/c1-9(17)14(2,3)16-13(18)11-5-4-6-12-10(11)7-8-15-12/h4-9,15,17H,1-3H3,(H,16,18). The third-order valence-electron chi connectivity index (χ3n) is 3.32. The van der Waals surface area contributed by atoms with E-state index in [1.165, 1.54) is 0 Å². The molecular weight excluding hydrogens is 228 g/mol. The molecule has 4 heteroatoms. The summed E-state index contributed by atoms with van der Waals surface area (Å²) < 4.78 is 0. The van der Waals surface area contributed by atoms with Gasteiger partial charge in [-0.25, -0.2) is 0 Å². The van der Waals surface area contributed by atoms with Gasteiger partial charge in [-0.15, -0.1) is 0 Å². The maximum Gasteiger partial charge on any atom is 0.252 e. The van der Waals surface area contributed by atoms with Crippen molar-refractivity contribution in [2.45, 2.75) is 32.4 Å². The maximum absolute atomic E-state index is 12.2. The predicted molar refractivity (Wildman–Crippen MR) is 71.5 cm³/mol. The largest absolute Gasteiger partial charge is 0.391 e. The number of benzene rings is 1. The first kappa shape index (κ1) is 12.6. The third kappa shape index (κ3) is 2.24. The minimum Gasteiger partial charge on any atom is -0.391 e. The van der Waals surface area contributed by atoms with Crippen molar-refractivity contribution in [3.8, 4) is 0 Å². The Kier molecular flexibility index (Phi) is 3.13. The van der Waals surface area contributed by atoms with Gasteiger partial charge in [0.15, 0.2) is 0 Å². The van der Waals surface area contributed by atoms with E-state index in [1.807, 2.05) is 18.2 Å². The molecule has 0 aliphatic rings. The zero-order chi connectivity index (χ0) is 13.3. The molecule has 18 heavy (non-hydrogen) atoms. The van der Waals surface area contributed by atoms with Crippen LogP contribution in [0.5, 0.6) is 0 Å². The number of carbonyl (C=O) groups excluding carboxylic acids is 1. The Hall–Kier alpha value is -1.81. The van der Waals surface area contributed by atoms with Crippen molar-refractivity contribution in [1.82, 2.24) is 10.3 Å². The van der Waals surface area contributed by atoms with Crippen LogP contribution in [-0.4, -0.2) is 27.6 Å². The molecule has 0 radical (unpaired) electrons. The van der Waals surface area contributed by atoms with Crippen molar-refractivity contribution < 1.29 is 9.90 Å². The Labute approximate surface area is 106 Å². The molecule has 0 spiro atoms. The first-order valence-corrected chi connectivity index (χ1v) is 5.98. The van der Waals surface area contributed by atoms with E-state index in [2.05, 4.69) is 10.3 Å². The predicted octanol–water partition coefficient (Wildman–Crippen LogP) is 2.06. The van der Waals surface area contributed by atoms with Gasteiger partial charge >= 0.3 is 0 Å². The summed E-state index contributed by atoms with van der Waals surface area (Å²) in [6.45, 7) is 5.26. The van der Waals surface area contributed by atoms with Crippen molar-refractivity contribution in [3.63, 3.8) is 0 Å². The van der Waals surface area contributed by atoms with Crippen LogP contribution in [0.1, 0.15) is 31.1 Å². The molecule has 2 rings (SSSR count). The van der Waals surface area contributed by atoms with Gasteiger partial charge < -0.3 is 15.4 Å². The fraction of sp³-hybridized carbons (Fsp3) is 0.357. The number of nitrogens with one attached hydrogen (secondary N) is 2. The van der Waals surface area contributed by atoms with Crippen LogP contribution in [0.4, 0.5) is 0 Å². The molecule has 1 heterocycles. The number of amides is 1. The highest BCUT2D eigenvalue weighted by atomic mass is 16.3. The van der Waals surface area contributed by atoms with Crippen LogP contribution in [0.3, 0.4) is 0 Å². The summed E-state index contributed by atoms with van der Waals surface area (Å²) in [7, 11) is 0. The van der Waals surface area contributed by atoms with E-state index >= 15 is 0 Å². The van der Waals surface area contributed by atoms with E-state index < -0.39 is 11.6 Å². The van der Waals surface area contributed by atoms with Crippen LogP contribution in [0.2, 0.25) is 0 Å². The van der Waals surface area contributed by atoms with E-state index in [4.69, 9.17) is 0 Å². The Morgan fingerprint density at radius 3 is 2.78 bits per heavy atom. The second-order valence-electron chi connectivity index (χ2n) is 5.10. The maximum atomic E-state index is 12.2. The first-order valence-electron chi connectivity index (χ1n) is 5.98. The molecule has 1 aromatic heterocycles. The van der Waals surface area contributed by atoms with Gasteiger partial charge in [-0.2, -0.15) is 0 Å². The summed E-state index contributed by atoms with van der Waals surface area (Å²) in [5.74, 6) is -0.175. The Bertz CT molecular complexity index is 570. The number of hydrogen-bond donors (Lipinski definition) is 3. The van der Waals surface area contributed by atoms with Gasteiger partial charge in [0.05, 0.1) is 11.6 Å². The highest BCUT2D eigenvalue weighted by Gasteiger charge is 2.27. The smallest absolute Gasteiger partial charge is 0.252 e. The van der Waals surface area contributed by atoms with Crippen molar-refractivity contribution in [3.05, 3.63) is 36.0 Å². The van der Waals surface area contributed by atoms with Crippen LogP contribution in [0.25, 0.3) is 10.9 Å². The number of aliphatic hydroxyl groups excluding tert-OH is 1. The van der Waals surface area contributed by atoms with Crippen LogP contribution >= 0.6 is 0 Å². The average molecular weight is 246 g/mol.